The Morgan fingerprint density at radius 3 is 1.29 bits per heavy atom. The van der Waals surface area contributed by atoms with Crippen LogP contribution >= 0.6 is 0 Å². The van der Waals surface area contributed by atoms with E-state index in [1.54, 1.807) is 0 Å². The van der Waals surface area contributed by atoms with Gasteiger partial charge in [-0.05, 0) is 27.7 Å². The lowest BCUT2D eigenvalue weighted by atomic mass is 10.1. The number of allylic oxidation sites excluding steroid dienone is 2. The van der Waals surface area contributed by atoms with Gasteiger partial charge < -0.3 is 19.6 Å². The van der Waals surface area contributed by atoms with E-state index in [0.29, 0.717) is 24.5 Å². The summed E-state index contributed by atoms with van der Waals surface area (Å²) >= 11 is 0. The maximum Gasteiger partial charge on any atom is 0.203 e. The zero-order valence-electron chi connectivity index (χ0n) is 18.9. The van der Waals surface area contributed by atoms with Crippen molar-refractivity contribution in [3.63, 3.8) is 0 Å². The van der Waals surface area contributed by atoms with Gasteiger partial charge >= 0.3 is 0 Å². The van der Waals surface area contributed by atoms with Crippen LogP contribution in [-0.2, 0) is 9.59 Å². The highest BCUT2D eigenvalue weighted by Crippen LogP contribution is 2.09. The Morgan fingerprint density at radius 1 is 0.679 bits per heavy atom. The average molecular weight is 395 g/mol. The van der Waals surface area contributed by atoms with Gasteiger partial charge in [-0.2, -0.15) is 0 Å². The van der Waals surface area contributed by atoms with E-state index in [4.69, 9.17) is 0 Å². The first-order chi connectivity index (χ1) is 13.2. The molecule has 0 saturated heterocycles. The highest BCUT2D eigenvalue weighted by molar-refractivity contribution is 6.19. The molecular weight excluding hydrogens is 352 g/mol. The number of rotatable bonds is 14. The molecule has 0 aliphatic heterocycles. The Morgan fingerprint density at radius 2 is 1.00 bits per heavy atom. The van der Waals surface area contributed by atoms with Crippen molar-refractivity contribution in [2.45, 2.75) is 40.5 Å². The monoisotopic (exact) mass is 394 g/mol. The van der Waals surface area contributed by atoms with Gasteiger partial charge in [-0.25, -0.2) is 0 Å². The van der Waals surface area contributed by atoms with Gasteiger partial charge in [0.2, 0.25) is 11.6 Å². The van der Waals surface area contributed by atoms with E-state index in [2.05, 4.69) is 52.4 Å². The van der Waals surface area contributed by atoms with E-state index in [1.807, 2.05) is 0 Å². The number of hydrogen-bond acceptors (Lipinski definition) is 4. The first kappa shape index (κ1) is 24.4. The fraction of sp³-hybridized carbons (Fsp3) is 0.727. The molecule has 0 bridgehead atoms. The molecule has 0 amide bonds. The normalized spacial score (nSPS) is 15.4. The Hall–Kier alpha value is -1.66. The van der Waals surface area contributed by atoms with Crippen molar-refractivity contribution in [3.8, 4) is 0 Å². The fourth-order valence-electron chi connectivity index (χ4n) is 3.28. The van der Waals surface area contributed by atoms with Crippen molar-refractivity contribution in [2.24, 2.45) is 0 Å². The van der Waals surface area contributed by atoms with Crippen LogP contribution in [0.4, 0.5) is 0 Å². The standard InChI is InChI=1S/C22H40N4O2/c1-7-25(5,8-2)15-11-13-23-19-17-22(28)20(18-21(19)27)24-14-12-16-26(6,9-3)10-4/h17-18H,7-16H2,1-6H3/p+2. The molecule has 0 aromatic heterocycles. The molecule has 0 atom stereocenters. The summed E-state index contributed by atoms with van der Waals surface area (Å²) in [6.07, 6.45) is 4.82. The minimum absolute atomic E-state index is 0.118. The van der Waals surface area contributed by atoms with E-state index >= 15 is 0 Å². The maximum absolute atomic E-state index is 12.3. The topological polar surface area (TPSA) is 58.2 Å². The summed E-state index contributed by atoms with van der Waals surface area (Å²) in [5.74, 6) is -0.235. The Kier molecular flexibility index (Phi) is 9.90. The number of carbonyl (C=O) groups excluding carboxylic acids is 2. The molecule has 1 aliphatic rings. The number of hydrogen-bond donors (Lipinski definition) is 2. The van der Waals surface area contributed by atoms with Gasteiger partial charge in [0.05, 0.1) is 64.8 Å². The molecule has 0 aromatic rings. The van der Waals surface area contributed by atoms with Gasteiger partial charge in [0, 0.05) is 38.1 Å². The van der Waals surface area contributed by atoms with Crippen molar-refractivity contribution >= 4 is 11.6 Å². The van der Waals surface area contributed by atoms with E-state index in [9.17, 15) is 9.59 Å². The molecule has 0 unspecified atom stereocenters. The second-order valence-corrected chi connectivity index (χ2v) is 8.36. The molecule has 2 N–H and O–H groups in total. The minimum Gasteiger partial charge on any atom is -0.382 e. The highest BCUT2D eigenvalue weighted by atomic mass is 16.1. The van der Waals surface area contributed by atoms with Crippen LogP contribution < -0.4 is 10.6 Å². The third-order valence-corrected chi connectivity index (χ3v) is 6.52. The van der Waals surface area contributed by atoms with Crippen molar-refractivity contribution in [1.82, 2.24) is 10.6 Å². The molecule has 0 fully saturated rings. The van der Waals surface area contributed by atoms with E-state index < -0.39 is 0 Å². The van der Waals surface area contributed by atoms with E-state index in [0.717, 1.165) is 61.1 Å². The smallest absolute Gasteiger partial charge is 0.203 e. The lowest BCUT2D eigenvalue weighted by Crippen LogP contribution is -2.45. The Bertz CT molecular complexity index is 535. The number of ketones is 2. The number of nitrogens with zero attached hydrogens (tertiary/aromatic N) is 2. The molecule has 0 saturated carbocycles. The lowest BCUT2D eigenvalue weighted by molar-refractivity contribution is -0.906. The molecule has 6 nitrogen and oxygen atoms in total. The number of carbonyl (C=O) groups is 2. The molecule has 160 valence electrons. The van der Waals surface area contributed by atoms with E-state index in [-0.39, 0.29) is 11.6 Å². The van der Waals surface area contributed by atoms with Crippen molar-refractivity contribution in [2.75, 3.05) is 66.5 Å². The predicted molar refractivity (Wildman–Crippen MR) is 116 cm³/mol. The van der Waals surface area contributed by atoms with Crippen molar-refractivity contribution in [1.29, 1.82) is 0 Å². The Labute approximate surface area is 171 Å². The molecule has 6 heteroatoms. The minimum atomic E-state index is -0.118. The summed E-state index contributed by atoms with van der Waals surface area (Å²) in [7, 11) is 4.50. The SMILES string of the molecule is CC[N+](C)(CC)CCCNC1=CC(=O)C(NCCC[N+](C)(CC)CC)=CC1=O. The summed E-state index contributed by atoms with van der Waals surface area (Å²) in [5.41, 5.74) is 0.831. The number of nitrogens with one attached hydrogen (secondary N) is 2. The quantitative estimate of drug-likeness (QED) is 0.268. The summed E-state index contributed by atoms with van der Waals surface area (Å²) in [4.78, 5) is 24.7. The third-order valence-electron chi connectivity index (χ3n) is 6.52. The van der Waals surface area contributed by atoms with Crippen LogP contribution in [0.1, 0.15) is 40.5 Å². The highest BCUT2D eigenvalue weighted by Gasteiger charge is 2.21. The summed E-state index contributed by atoms with van der Waals surface area (Å²) in [5, 5.41) is 6.30. The van der Waals surface area contributed by atoms with Crippen LogP contribution in [0.3, 0.4) is 0 Å². The molecule has 1 rings (SSSR count). The second-order valence-electron chi connectivity index (χ2n) is 8.36. The van der Waals surface area contributed by atoms with Crippen LogP contribution in [0.15, 0.2) is 23.5 Å². The Balaban J connectivity index is 2.42. The lowest BCUT2D eigenvalue weighted by Gasteiger charge is -2.32. The van der Waals surface area contributed by atoms with Gasteiger partial charge in [-0.15, -0.1) is 0 Å². The fourth-order valence-corrected chi connectivity index (χ4v) is 3.28. The van der Waals surface area contributed by atoms with Crippen LogP contribution in [0.25, 0.3) is 0 Å². The largest absolute Gasteiger partial charge is 0.382 e. The molecule has 0 spiro atoms. The summed E-state index contributed by atoms with van der Waals surface area (Å²) < 4.78 is 2.05. The molecule has 0 aromatic carbocycles. The number of quaternary nitrogens is 2. The zero-order valence-corrected chi connectivity index (χ0v) is 18.9. The summed E-state index contributed by atoms with van der Waals surface area (Å²) in [6, 6.07) is 0. The van der Waals surface area contributed by atoms with Crippen molar-refractivity contribution < 1.29 is 18.6 Å². The third kappa shape index (κ3) is 7.40. The van der Waals surface area contributed by atoms with E-state index in [1.165, 1.54) is 12.2 Å². The molecule has 0 heterocycles. The molecular formula is C22H42N4O2+2. The van der Waals surface area contributed by atoms with Crippen LogP contribution in [0, 0.1) is 0 Å². The van der Waals surface area contributed by atoms with Crippen LogP contribution in [0.2, 0.25) is 0 Å². The van der Waals surface area contributed by atoms with Gasteiger partial charge in [-0.1, -0.05) is 0 Å². The molecule has 28 heavy (non-hydrogen) atoms. The predicted octanol–water partition coefficient (Wildman–Crippen LogP) is 1.84. The van der Waals surface area contributed by atoms with Gasteiger partial charge in [-0.3, -0.25) is 9.59 Å². The van der Waals surface area contributed by atoms with Gasteiger partial charge in [0.25, 0.3) is 0 Å². The first-order valence-corrected chi connectivity index (χ1v) is 10.9. The average Bonchev–Trinajstić information content (AvgIpc) is 2.70. The molecule has 1 aliphatic carbocycles. The molecule has 0 radical (unpaired) electrons. The summed E-state index contributed by atoms with van der Waals surface area (Å²) in [6.45, 7) is 16.7. The van der Waals surface area contributed by atoms with Crippen LogP contribution in [0.5, 0.6) is 0 Å². The van der Waals surface area contributed by atoms with Crippen molar-refractivity contribution in [3.05, 3.63) is 23.5 Å². The maximum atomic E-state index is 12.3. The van der Waals surface area contributed by atoms with Gasteiger partial charge in [0.1, 0.15) is 0 Å². The first-order valence-electron chi connectivity index (χ1n) is 10.9. The van der Waals surface area contributed by atoms with Crippen LogP contribution in [-0.4, -0.2) is 87.0 Å². The van der Waals surface area contributed by atoms with Gasteiger partial charge in [0.15, 0.2) is 0 Å². The second kappa shape index (κ2) is 11.4. The zero-order chi connectivity index (χ0) is 21.2.